The lowest BCUT2D eigenvalue weighted by atomic mass is 9.77. The molecule has 1 fully saturated rings. The van der Waals surface area contributed by atoms with Crippen molar-refractivity contribution >= 4 is 5.91 Å². The van der Waals surface area contributed by atoms with E-state index in [1.165, 1.54) is 0 Å². The van der Waals surface area contributed by atoms with Gasteiger partial charge in [0.05, 0.1) is 12.0 Å². The van der Waals surface area contributed by atoms with Gasteiger partial charge in [0.25, 0.3) is 0 Å². The van der Waals surface area contributed by atoms with E-state index in [-0.39, 0.29) is 11.5 Å². The maximum atomic E-state index is 12.6. The number of rotatable bonds is 7. The maximum absolute atomic E-state index is 12.6. The summed E-state index contributed by atoms with van der Waals surface area (Å²) in [6.45, 7) is 3.85. The maximum Gasteiger partial charge on any atom is 0.225 e. The Morgan fingerprint density at radius 1 is 1.33 bits per heavy atom. The molecule has 0 radical (unpaired) electrons. The first-order valence-corrected chi connectivity index (χ1v) is 7.74. The minimum Gasteiger partial charge on any atom is -0.378 e. The minimum absolute atomic E-state index is 0.172. The van der Waals surface area contributed by atoms with E-state index in [1.807, 2.05) is 36.1 Å². The summed E-state index contributed by atoms with van der Waals surface area (Å²) < 4.78 is 5.57. The molecule has 0 aromatic heterocycles. The van der Waals surface area contributed by atoms with Crippen molar-refractivity contribution in [3.63, 3.8) is 0 Å². The molecule has 1 aliphatic carbocycles. The molecule has 21 heavy (non-hydrogen) atoms. The number of benzene rings is 1. The normalized spacial score (nSPS) is 16.3. The van der Waals surface area contributed by atoms with Gasteiger partial charge in [-0.15, -0.1) is 0 Å². The van der Waals surface area contributed by atoms with E-state index < -0.39 is 0 Å². The molecule has 0 bridgehead atoms. The average Bonchev–Trinajstić information content (AvgIpc) is 2.48. The molecule has 1 aromatic carbocycles. The summed E-state index contributed by atoms with van der Waals surface area (Å²) in [7, 11) is 1.71. The Hall–Kier alpha value is -1.39. The van der Waals surface area contributed by atoms with Gasteiger partial charge < -0.3 is 15.4 Å². The van der Waals surface area contributed by atoms with Gasteiger partial charge in [0.2, 0.25) is 5.91 Å². The molecule has 0 aliphatic heterocycles. The first-order valence-electron chi connectivity index (χ1n) is 7.74. The molecule has 0 spiro atoms. The molecule has 1 saturated carbocycles. The third-order valence-corrected chi connectivity index (χ3v) is 4.61. The predicted molar refractivity (Wildman–Crippen MR) is 83.6 cm³/mol. The van der Waals surface area contributed by atoms with Crippen LogP contribution in [0.3, 0.4) is 0 Å². The van der Waals surface area contributed by atoms with Gasteiger partial charge in [-0.1, -0.05) is 24.3 Å². The van der Waals surface area contributed by atoms with Gasteiger partial charge in [0.1, 0.15) is 0 Å². The number of amides is 1. The Labute approximate surface area is 127 Å². The zero-order chi connectivity index (χ0) is 15.3. The van der Waals surface area contributed by atoms with Gasteiger partial charge in [-0.3, -0.25) is 4.79 Å². The Balaban J connectivity index is 2.03. The molecule has 0 heterocycles. The summed E-state index contributed by atoms with van der Waals surface area (Å²) in [6, 6.07) is 8.05. The smallest absolute Gasteiger partial charge is 0.225 e. The van der Waals surface area contributed by atoms with E-state index in [0.29, 0.717) is 26.1 Å². The van der Waals surface area contributed by atoms with E-state index >= 15 is 0 Å². The third kappa shape index (κ3) is 3.63. The minimum atomic E-state index is -0.210. The molecule has 0 atom stereocenters. The monoisotopic (exact) mass is 290 g/mol. The largest absolute Gasteiger partial charge is 0.378 e. The summed E-state index contributed by atoms with van der Waals surface area (Å²) in [5, 5.41) is 0. The second-order valence-corrected chi connectivity index (χ2v) is 5.80. The van der Waals surface area contributed by atoms with Crippen LogP contribution in [0.2, 0.25) is 0 Å². The standard InChI is InChI=1S/C17H26N2O2/c1-3-19(13-15-8-5-4-7-14(15)12-18)16(20)11-17(21-2)9-6-10-17/h4-5,7-8H,3,6,9-13,18H2,1-2H3. The molecule has 2 rings (SSSR count). The van der Waals surface area contributed by atoms with Crippen LogP contribution in [-0.4, -0.2) is 30.1 Å². The Morgan fingerprint density at radius 2 is 2.00 bits per heavy atom. The fourth-order valence-corrected chi connectivity index (χ4v) is 2.90. The van der Waals surface area contributed by atoms with Crippen LogP contribution in [0, 0.1) is 0 Å². The van der Waals surface area contributed by atoms with E-state index in [9.17, 15) is 4.79 Å². The van der Waals surface area contributed by atoms with Crippen molar-refractivity contribution in [2.75, 3.05) is 13.7 Å². The van der Waals surface area contributed by atoms with Crippen molar-refractivity contribution in [3.05, 3.63) is 35.4 Å². The molecule has 4 heteroatoms. The lowest BCUT2D eigenvalue weighted by Gasteiger charge is -2.41. The second-order valence-electron chi connectivity index (χ2n) is 5.80. The predicted octanol–water partition coefficient (Wildman–Crippen LogP) is 2.45. The van der Waals surface area contributed by atoms with Crippen molar-refractivity contribution in [1.29, 1.82) is 0 Å². The number of nitrogens with zero attached hydrogens (tertiary/aromatic N) is 1. The topological polar surface area (TPSA) is 55.6 Å². The molecule has 2 N–H and O–H groups in total. The molecule has 0 saturated heterocycles. The number of carbonyl (C=O) groups excluding carboxylic acids is 1. The Morgan fingerprint density at radius 3 is 2.48 bits per heavy atom. The highest BCUT2D eigenvalue weighted by atomic mass is 16.5. The van der Waals surface area contributed by atoms with Gasteiger partial charge in [-0.2, -0.15) is 0 Å². The van der Waals surface area contributed by atoms with Crippen molar-refractivity contribution in [3.8, 4) is 0 Å². The molecular weight excluding hydrogens is 264 g/mol. The lowest BCUT2D eigenvalue weighted by molar-refractivity contribution is -0.144. The van der Waals surface area contributed by atoms with E-state index in [4.69, 9.17) is 10.5 Å². The summed E-state index contributed by atoms with van der Waals surface area (Å²) in [4.78, 5) is 14.5. The molecule has 0 unspecified atom stereocenters. The van der Waals surface area contributed by atoms with E-state index in [0.717, 1.165) is 30.4 Å². The zero-order valence-corrected chi connectivity index (χ0v) is 13.1. The SMILES string of the molecule is CCN(Cc1ccccc1CN)C(=O)CC1(OC)CCC1. The highest BCUT2D eigenvalue weighted by Gasteiger charge is 2.39. The van der Waals surface area contributed by atoms with E-state index in [2.05, 4.69) is 0 Å². The van der Waals surface area contributed by atoms with Gasteiger partial charge in [-0.25, -0.2) is 0 Å². The number of methoxy groups -OCH3 is 1. The first kappa shape index (κ1) is 16.0. The Kier molecular flexibility index (Phi) is 5.37. The second kappa shape index (κ2) is 7.05. The molecule has 1 amide bonds. The van der Waals surface area contributed by atoms with Gasteiger partial charge in [-0.05, 0) is 37.3 Å². The number of carbonyl (C=O) groups is 1. The summed E-state index contributed by atoms with van der Waals surface area (Å²) >= 11 is 0. The van der Waals surface area contributed by atoms with Gasteiger partial charge in [0, 0.05) is 26.7 Å². The number of nitrogens with two attached hydrogens (primary N) is 1. The average molecular weight is 290 g/mol. The van der Waals surface area contributed by atoms with Crippen molar-refractivity contribution in [2.45, 2.75) is 51.3 Å². The van der Waals surface area contributed by atoms with Crippen molar-refractivity contribution in [1.82, 2.24) is 4.90 Å². The van der Waals surface area contributed by atoms with Crippen LogP contribution in [0.4, 0.5) is 0 Å². The quantitative estimate of drug-likeness (QED) is 0.839. The highest BCUT2D eigenvalue weighted by molar-refractivity contribution is 5.77. The molecule has 1 aromatic rings. The van der Waals surface area contributed by atoms with Crippen molar-refractivity contribution < 1.29 is 9.53 Å². The molecule has 116 valence electrons. The van der Waals surface area contributed by atoms with E-state index in [1.54, 1.807) is 7.11 Å². The molecular formula is C17H26N2O2. The third-order valence-electron chi connectivity index (χ3n) is 4.61. The zero-order valence-electron chi connectivity index (χ0n) is 13.1. The highest BCUT2D eigenvalue weighted by Crippen LogP contribution is 2.38. The van der Waals surface area contributed by atoms with Crippen LogP contribution in [-0.2, 0) is 22.6 Å². The van der Waals surface area contributed by atoms with Crippen LogP contribution >= 0.6 is 0 Å². The van der Waals surface area contributed by atoms with Crippen LogP contribution in [0.25, 0.3) is 0 Å². The fourth-order valence-electron chi connectivity index (χ4n) is 2.90. The number of hydrogen-bond donors (Lipinski definition) is 1. The summed E-state index contributed by atoms with van der Waals surface area (Å²) in [6.07, 6.45) is 3.63. The van der Waals surface area contributed by atoms with Crippen LogP contribution < -0.4 is 5.73 Å². The molecule has 4 nitrogen and oxygen atoms in total. The lowest BCUT2D eigenvalue weighted by Crippen LogP contribution is -2.45. The Bertz CT molecular complexity index is 478. The van der Waals surface area contributed by atoms with Gasteiger partial charge in [0.15, 0.2) is 0 Å². The van der Waals surface area contributed by atoms with Crippen LogP contribution in [0.5, 0.6) is 0 Å². The van der Waals surface area contributed by atoms with Crippen LogP contribution in [0.1, 0.15) is 43.7 Å². The summed E-state index contributed by atoms with van der Waals surface area (Å²) in [5.41, 5.74) is 7.80. The van der Waals surface area contributed by atoms with Crippen molar-refractivity contribution in [2.24, 2.45) is 5.73 Å². The summed E-state index contributed by atoms with van der Waals surface area (Å²) in [5.74, 6) is 0.172. The molecule has 1 aliphatic rings. The van der Waals surface area contributed by atoms with Gasteiger partial charge >= 0.3 is 0 Å². The van der Waals surface area contributed by atoms with Crippen LogP contribution in [0.15, 0.2) is 24.3 Å². The first-order chi connectivity index (χ1) is 10.1. The fraction of sp³-hybridized carbons (Fsp3) is 0.588. The number of ether oxygens (including phenoxy) is 1. The number of hydrogen-bond acceptors (Lipinski definition) is 3.